The van der Waals surface area contributed by atoms with Gasteiger partial charge in [0.25, 0.3) is 0 Å². The lowest BCUT2D eigenvalue weighted by Gasteiger charge is -2.10. The number of halogens is 1. The largest absolute Gasteiger partial charge is 0.485 e. The molecule has 0 spiro atoms. The van der Waals surface area contributed by atoms with Crippen LogP contribution in [0.15, 0.2) is 36.9 Å². The fraction of sp³-hybridized carbons (Fsp3) is 0.200. The van der Waals surface area contributed by atoms with Gasteiger partial charge in [0.05, 0.1) is 5.02 Å². The van der Waals surface area contributed by atoms with Crippen molar-refractivity contribution >= 4 is 11.6 Å². The molecular formula is C10H11ClO. The number of hydrogen-bond donors (Lipinski definition) is 0. The second kappa shape index (κ2) is 4.17. The summed E-state index contributed by atoms with van der Waals surface area (Å²) in [5.74, 6) is 0.701. The Morgan fingerprint density at radius 3 is 2.75 bits per heavy atom. The molecule has 0 aliphatic carbocycles. The fourth-order valence-electron chi connectivity index (χ4n) is 0.789. The molecule has 0 saturated carbocycles. The van der Waals surface area contributed by atoms with Crippen LogP contribution in [0.1, 0.15) is 6.92 Å². The first-order chi connectivity index (χ1) is 5.74. The lowest BCUT2D eigenvalue weighted by Crippen LogP contribution is -2.07. The van der Waals surface area contributed by atoms with Gasteiger partial charge in [-0.15, -0.1) is 0 Å². The third-order valence-electron chi connectivity index (χ3n) is 1.48. The summed E-state index contributed by atoms with van der Waals surface area (Å²) in [5.41, 5.74) is 0. The van der Waals surface area contributed by atoms with Crippen LogP contribution >= 0.6 is 11.6 Å². The van der Waals surface area contributed by atoms with Gasteiger partial charge in [-0.2, -0.15) is 0 Å². The summed E-state index contributed by atoms with van der Waals surface area (Å²) in [6.45, 7) is 5.53. The molecule has 1 rings (SSSR count). The minimum atomic E-state index is -0.00935. The predicted molar refractivity (Wildman–Crippen MR) is 51.7 cm³/mol. The van der Waals surface area contributed by atoms with Crippen LogP contribution in [0.25, 0.3) is 0 Å². The van der Waals surface area contributed by atoms with E-state index in [4.69, 9.17) is 16.3 Å². The summed E-state index contributed by atoms with van der Waals surface area (Å²) in [4.78, 5) is 0. The van der Waals surface area contributed by atoms with Crippen molar-refractivity contribution < 1.29 is 4.74 Å². The molecule has 0 radical (unpaired) electrons. The summed E-state index contributed by atoms with van der Waals surface area (Å²) >= 11 is 5.87. The second-order valence-electron chi connectivity index (χ2n) is 2.49. The second-order valence-corrected chi connectivity index (χ2v) is 2.90. The first-order valence-corrected chi connectivity index (χ1v) is 4.15. The molecule has 1 aromatic rings. The molecule has 1 nitrogen and oxygen atoms in total. The number of para-hydroxylation sites is 1. The zero-order chi connectivity index (χ0) is 8.97. The van der Waals surface area contributed by atoms with Crippen molar-refractivity contribution in [2.45, 2.75) is 13.0 Å². The van der Waals surface area contributed by atoms with Crippen molar-refractivity contribution in [3.8, 4) is 5.75 Å². The van der Waals surface area contributed by atoms with Gasteiger partial charge in [-0.25, -0.2) is 0 Å². The molecule has 0 saturated heterocycles. The van der Waals surface area contributed by atoms with Crippen molar-refractivity contribution in [1.29, 1.82) is 0 Å². The third kappa shape index (κ3) is 2.28. The zero-order valence-corrected chi connectivity index (χ0v) is 7.71. The number of benzene rings is 1. The maximum atomic E-state index is 5.87. The van der Waals surface area contributed by atoms with Gasteiger partial charge in [-0.3, -0.25) is 0 Å². The topological polar surface area (TPSA) is 9.23 Å². The van der Waals surface area contributed by atoms with Gasteiger partial charge < -0.3 is 4.74 Å². The monoisotopic (exact) mass is 182 g/mol. The third-order valence-corrected chi connectivity index (χ3v) is 1.79. The summed E-state index contributed by atoms with van der Waals surface area (Å²) in [5, 5.41) is 0.631. The van der Waals surface area contributed by atoms with Crippen LogP contribution in [0.3, 0.4) is 0 Å². The number of ether oxygens (including phenoxy) is 1. The summed E-state index contributed by atoms with van der Waals surface area (Å²) in [6.07, 6.45) is 1.72. The molecule has 0 amide bonds. The van der Waals surface area contributed by atoms with Gasteiger partial charge in [-0.1, -0.05) is 36.4 Å². The smallest absolute Gasteiger partial charge is 0.138 e. The van der Waals surface area contributed by atoms with E-state index >= 15 is 0 Å². The Bertz CT molecular complexity index is 270. The maximum absolute atomic E-state index is 5.87. The Balaban J connectivity index is 2.75. The standard InChI is InChI=1S/C10H11ClO/c1-3-8(2)12-10-7-5-4-6-9(10)11/h3-8H,1H2,2H3. The van der Waals surface area contributed by atoms with E-state index in [2.05, 4.69) is 6.58 Å². The zero-order valence-electron chi connectivity index (χ0n) is 6.96. The maximum Gasteiger partial charge on any atom is 0.138 e. The summed E-state index contributed by atoms with van der Waals surface area (Å²) < 4.78 is 5.44. The highest BCUT2D eigenvalue weighted by Gasteiger charge is 2.01. The van der Waals surface area contributed by atoms with E-state index in [9.17, 15) is 0 Å². The number of rotatable bonds is 3. The van der Waals surface area contributed by atoms with Crippen molar-refractivity contribution in [1.82, 2.24) is 0 Å². The van der Waals surface area contributed by atoms with E-state index in [0.717, 1.165) is 0 Å². The van der Waals surface area contributed by atoms with Gasteiger partial charge >= 0.3 is 0 Å². The van der Waals surface area contributed by atoms with Gasteiger partial charge in [0.1, 0.15) is 11.9 Å². The molecule has 12 heavy (non-hydrogen) atoms. The normalized spacial score (nSPS) is 12.2. The quantitative estimate of drug-likeness (QED) is 0.652. The lowest BCUT2D eigenvalue weighted by atomic mass is 10.3. The Hall–Kier alpha value is -0.950. The minimum Gasteiger partial charge on any atom is -0.485 e. The van der Waals surface area contributed by atoms with Crippen molar-refractivity contribution in [2.24, 2.45) is 0 Å². The molecule has 0 N–H and O–H groups in total. The molecule has 64 valence electrons. The molecule has 0 aromatic heterocycles. The Morgan fingerprint density at radius 2 is 2.17 bits per heavy atom. The van der Waals surface area contributed by atoms with Crippen LogP contribution in [0.4, 0.5) is 0 Å². The molecule has 0 heterocycles. The predicted octanol–water partition coefficient (Wildman–Crippen LogP) is 3.29. The molecule has 1 atom stereocenters. The SMILES string of the molecule is C=CC(C)Oc1ccccc1Cl. The van der Waals surface area contributed by atoms with Crippen molar-refractivity contribution in [3.05, 3.63) is 41.9 Å². The van der Waals surface area contributed by atoms with E-state index < -0.39 is 0 Å². The molecule has 1 unspecified atom stereocenters. The fourth-order valence-corrected chi connectivity index (χ4v) is 0.969. The molecule has 0 aliphatic heterocycles. The molecule has 0 bridgehead atoms. The molecule has 2 heteroatoms. The first kappa shape index (κ1) is 9.14. The summed E-state index contributed by atoms with van der Waals surface area (Å²) in [7, 11) is 0. The van der Waals surface area contributed by atoms with Gasteiger partial charge in [-0.05, 0) is 19.1 Å². The highest BCUT2D eigenvalue weighted by Crippen LogP contribution is 2.24. The highest BCUT2D eigenvalue weighted by molar-refractivity contribution is 6.32. The van der Waals surface area contributed by atoms with E-state index in [1.165, 1.54) is 0 Å². The van der Waals surface area contributed by atoms with Crippen LogP contribution in [0.5, 0.6) is 5.75 Å². The average molecular weight is 183 g/mol. The van der Waals surface area contributed by atoms with E-state index in [0.29, 0.717) is 10.8 Å². The van der Waals surface area contributed by atoms with Gasteiger partial charge in [0, 0.05) is 0 Å². The van der Waals surface area contributed by atoms with Gasteiger partial charge in [0.15, 0.2) is 0 Å². The lowest BCUT2D eigenvalue weighted by molar-refractivity contribution is 0.270. The van der Waals surface area contributed by atoms with Crippen molar-refractivity contribution in [2.75, 3.05) is 0 Å². The van der Waals surface area contributed by atoms with Crippen LogP contribution in [-0.4, -0.2) is 6.10 Å². The first-order valence-electron chi connectivity index (χ1n) is 3.78. The average Bonchev–Trinajstić information content (AvgIpc) is 2.09. The molecule has 0 fully saturated rings. The van der Waals surface area contributed by atoms with E-state index in [1.807, 2.05) is 25.1 Å². The Kier molecular flexibility index (Phi) is 3.18. The van der Waals surface area contributed by atoms with Crippen LogP contribution in [0.2, 0.25) is 5.02 Å². The van der Waals surface area contributed by atoms with E-state index in [-0.39, 0.29) is 6.10 Å². The summed E-state index contributed by atoms with van der Waals surface area (Å²) in [6, 6.07) is 7.39. The van der Waals surface area contributed by atoms with Crippen molar-refractivity contribution in [3.63, 3.8) is 0 Å². The van der Waals surface area contributed by atoms with E-state index in [1.54, 1.807) is 12.1 Å². The Labute approximate surface area is 77.6 Å². The van der Waals surface area contributed by atoms with Gasteiger partial charge in [0.2, 0.25) is 0 Å². The Morgan fingerprint density at radius 1 is 1.50 bits per heavy atom. The number of hydrogen-bond acceptors (Lipinski definition) is 1. The molecule has 0 aliphatic rings. The minimum absolute atomic E-state index is 0.00935. The molecule has 1 aromatic carbocycles. The van der Waals surface area contributed by atoms with Crippen LogP contribution in [-0.2, 0) is 0 Å². The van der Waals surface area contributed by atoms with Crippen LogP contribution < -0.4 is 4.74 Å². The molecular weight excluding hydrogens is 172 g/mol. The van der Waals surface area contributed by atoms with Crippen LogP contribution in [0, 0.1) is 0 Å². The highest BCUT2D eigenvalue weighted by atomic mass is 35.5.